The molecule has 1 atom stereocenters. The Morgan fingerprint density at radius 1 is 1.08 bits per heavy atom. The van der Waals surface area contributed by atoms with E-state index in [-0.39, 0.29) is 11.9 Å². The van der Waals surface area contributed by atoms with Gasteiger partial charge in [0.15, 0.2) is 0 Å². The smallest absolute Gasteiger partial charge is 0.224 e. The van der Waals surface area contributed by atoms with E-state index < -0.39 is 0 Å². The van der Waals surface area contributed by atoms with Gasteiger partial charge in [-0.2, -0.15) is 0 Å². The summed E-state index contributed by atoms with van der Waals surface area (Å²) in [6, 6.07) is 15.9. The molecule has 0 aliphatic carbocycles. The molecule has 5 heteroatoms. The Labute approximate surface area is 152 Å². The number of likely N-dealkylation sites (tertiary alicyclic amines) is 1. The fourth-order valence-corrected chi connectivity index (χ4v) is 3.37. The third kappa shape index (κ3) is 4.73. The number of halogens is 2. The molecule has 1 fully saturated rings. The number of carbonyl (C=O) groups excluding carboxylic acids is 1. The number of benzene rings is 2. The minimum atomic E-state index is 0.0277. The monoisotopic (exact) mass is 362 g/mol. The van der Waals surface area contributed by atoms with Crippen LogP contribution in [0.1, 0.15) is 17.5 Å². The molecule has 1 aliphatic heterocycles. The molecule has 24 heavy (non-hydrogen) atoms. The average Bonchev–Trinajstić information content (AvgIpc) is 2.99. The van der Waals surface area contributed by atoms with Gasteiger partial charge in [0.05, 0.1) is 16.5 Å². The van der Waals surface area contributed by atoms with Crippen LogP contribution in [0.25, 0.3) is 0 Å². The topological polar surface area (TPSA) is 32.3 Å². The van der Waals surface area contributed by atoms with Crippen LogP contribution < -0.4 is 5.32 Å². The van der Waals surface area contributed by atoms with Gasteiger partial charge in [-0.25, -0.2) is 0 Å². The second-order valence-corrected chi connectivity index (χ2v) is 7.01. The molecule has 1 unspecified atom stereocenters. The van der Waals surface area contributed by atoms with Crippen molar-refractivity contribution in [2.45, 2.75) is 25.4 Å². The first-order valence-corrected chi connectivity index (χ1v) is 8.85. The van der Waals surface area contributed by atoms with Gasteiger partial charge in [-0.15, -0.1) is 0 Å². The van der Waals surface area contributed by atoms with Crippen molar-refractivity contribution >= 4 is 29.1 Å². The van der Waals surface area contributed by atoms with E-state index in [0.29, 0.717) is 16.5 Å². The first-order chi connectivity index (χ1) is 11.6. The highest BCUT2D eigenvalue weighted by Gasteiger charge is 2.23. The molecule has 126 valence electrons. The molecule has 0 bridgehead atoms. The molecule has 0 radical (unpaired) electrons. The molecular weight excluding hydrogens is 343 g/mol. The fourth-order valence-electron chi connectivity index (χ4n) is 3.05. The number of nitrogens with zero attached hydrogens (tertiary/aromatic N) is 1. The van der Waals surface area contributed by atoms with Crippen molar-refractivity contribution in [3.8, 4) is 0 Å². The quantitative estimate of drug-likeness (QED) is 0.873. The van der Waals surface area contributed by atoms with Crippen LogP contribution >= 0.6 is 23.2 Å². The van der Waals surface area contributed by atoms with Crippen LogP contribution in [0.5, 0.6) is 0 Å². The molecule has 2 aromatic carbocycles. The number of hydrogen-bond donors (Lipinski definition) is 1. The van der Waals surface area contributed by atoms with E-state index in [2.05, 4.69) is 34.5 Å². The maximum absolute atomic E-state index is 12.2. The molecular formula is C19H20Cl2N2O. The lowest BCUT2D eigenvalue weighted by atomic mass is 10.1. The fraction of sp³-hybridized carbons (Fsp3) is 0.316. The highest BCUT2D eigenvalue weighted by atomic mass is 35.5. The molecule has 0 aromatic heterocycles. The van der Waals surface area contributed by atoms with Crippen LogP contribution in [-0.2, 0) is 17.8 Å². The highest BCUT2D eigenvalue weighted by Crippen LogP contribution is 2.23. The summed E-state index contributed by atoms with van der Waals surface area (Å²) >= 11 is 11.9. The van der Waals surface area contributed by atoms with Gasteiger partial charge in [0.25, 0.3) is 0 Å². The molecule has 0 spiro atoms. The summed E-state index contributed by atoms with van der Waals surface area (Å²) in [7, 11) is 0. The Kier molecular flexibility index (Phi) is 5.77. The molecule has 1 N–H and O–H groups in total. The molecule has 0 saturated carbocycles. The van der Waals surface area contributed by atoms with Gasteiger partial charge in [0.2, 0.25) is 5.91 Å². The molecule has 1 saturated heterocycles. The third-order valence-electron chi connectivity index (χ3n) is 4.24. The first-order valence-electron chi connectivity index (χ1n) is 8.10. The Morgan fingerprint density at radius 3 is 2.62 bits per heavy atom. The van der Waals surface area contributed by atoms with Crippen LogP contribution in [-0.4, -0.2) is 29.9 Å². The van der Waals surface area contributed by atoms with Crippen molar-refractivity contribution in [2.24, 2.45) is 0 Å². The molecule has 3 rings (SSSR count). The van der Waals surface area contributed by atoms with E-state index in [1.54, 1.807) is 12.1 Å². The minimum Gasteiger partial charge on any atom is -0.352 e. The van der Waals surface area contributed by atoms with Gasteiger partial charge in [-0.1, -0.05) is 59.6 Å². The Hall–Kier alpha value is -1.55. The molecule has 1 amide bonds. The maximum atomic E-state index is 12.2. The summed E-state index contributed by atoms with van der Waals surface area (Å²) in [5.74, 6) is 0.0277. The standard InChI is InChI=1S/C19H20Cl2N2O/c20-17-7-6-15(10-18(17)21)11-19(24)22-16-8-9-23(13-16)12-14-4-2-1-3-5-14/h1-7,10,16H,8-9,11-13H2,(H,22,24). The summed E-state index contributed by atoms with van der Waals surface area (Å²) < 4.78 is 0. The van der Waals surface area contributed by atoms with E-state index in [4.69, 9.17) is 23.2 Å². The summed E-state index contributed by atoms with van der Waals surface area (Å²) in [6.45, 7) is 2.83. The van der Waals surface area contributed by atoms with Crippen LogP contribution in [0, 0.1) is 0 Å². The zero-order valence-corrected chi connectivity index (χ0v) is 14.9. The number of hydrogen-bond acceptors (Lipinski definition) is 2. The van der Waals surface area contributed by atoms with Gasteiger partial charge in [0.1, 0.15) is 0 Å². The maximum Gasteiger partial charge on any atom is 0.224 e. The Morgan fingerprint density at radius 2 is 1.88 bits per heavy atom. The SMILES string of the molecule is O=C(Cc1ccc(Cl)c(Cl)c1)NC1CCN(Cc2ccccc2)C1. The van der Waals surface area contributed by atoms with Crippen LogP contribution in [0.2, 0.25) is 10.0 Å². The number of nitrogens with one attached hydrogen (secondary N) is 1. The highest BCUT2D eigenvalue weighted by molar-refractivity contribution is 6.42. The average molecular weight is 363 g/mol. The van der Waals surface area contributed by atoms with Crippen molar-refractivity contribution in [3.05, 3.63) is 69.7 Å². The van der Waals surface area contributed by atoms with Gasteiger partial charge in [-0.3, -0.25) is 9.69 Å². The second-order valence-electron chi connectivity index (χ2n) is 6.20. The van der Waals surface area contributed by atoms with Gasteiger partial charge in [0, 0.05) is 25.7 Å². The van der Waals surface area contributed by atoms with Gasteiger partial charge >= 0.3 is 0 Å². The normalized spacial score (nSPS) is 17.8. The van der Waals surface area contributed by atoms with E-state index in [0.717, 1.165) is 31.6 Å². The van der Waals surface area contributed by atoms with E-state index in [9.17, 15) is 4.79 Å². The predicted octanol–water partition coefficient (Wildman–Crippen LogP) is 3.93. The predicted molar refractivity (Wildman–Crippen MR) is 98.4 cm³/mol. The van der Waals surface area contributed by atoms with Gasteiger partial charge in [-0.05, 0) is 29.7 Å². The molecule has 3 nitrogen and oxygen atoms in total. The number of carbonyl (C=O) groups is 1. The van der Waals surface area contributed by atoms with Crippen molar-refractivity contribution in [1.82, 2.24) is 10.2 Å². The second kappa shape index (κ2) is 8.02. The summed E-state index contributed by atoms with van der Waals surface area (Å²) in [5.41, 5.74) is 2.18. The lowest BCUT2D eigenvalue weighted by Gasteiger charge is -2.17. The van der Waals surface area contributed by atoms with E-state index in [1.807, 2.05) is 12.1 Å². The van der Waals surface area contributed by atoms with Crippen LogP contribution in [0.4, 0.5) is 0 Å². The third-order valence-corrected chi connectivity index (χ3v) is 4.97. The number of rotatable bonds is 5. The Balaban J connectivity index is 1.48. The van der Waals surface area contributed by atoms with E-state index in [1.165, 1.54) is 5.56 Å². The van der Waals surface area contributed by atoms with Crippen LogP contribution in [0.15, 0.2) is 48.5 Å². The van der Waals surface area contributed by atoms with Crippen molar-refractivity contribution in [1.29, 1.82) is 0 Å². The molecule has 2 aromatic rings. The van der Waals surface area contributed by atoms with Crippen molar-refractivity contribution < 1.29 is 4.79 Å². The van der Waals surface area contributed by atoms with Crippen molar-refractivity contribution in [2.75, 3.05) is 13.1 Å². The van der Waals surface area contributed by atoms with E-state index >= 15 is 0 Å². The summed E-state index contributed by atoms with van der Waals surface area (Å²) in [5, 5.41) is 4.11. The lowest BCUT2D eigenvalue weighted by molar-refractivity contribution is -0.121. The largest absolute Gasteiger partial charge is 0.352 e. The summed E-state index contributed by atoms with van der Waals surface area (Å²) in [4.78, 5) is 14.6. The zero-order valence-electron chi connectivity index (χ0n) is 13.3. The summed E-state index contributed by atoms with van der Waals surface area (Å²) in [6.07, 6.45) is 1.31. The zero-order chi connectivity index (χ0) is 16.9. The Bertz CT molecular complexity index is 706. The van der Waals surface area contributed by atoms with Crippen LogP contribution in [0.3, 0.4) is 0 Å². The van der Waals surface area contributed by atoms with Gasteiger partial charge < -0.3 is 5.32 Å². The molecule has 1 heterocycles. The molecule has 1 aliphatic rings. The lowest BCUT2D eigenvalue weighted by Crippen LogP contribution is -2.37. The number of amides is 1. The minimum absolute atomic E-state index is 0.0277. The van der Waals surface area contributed by atoms with Crippen molar-refractivity contribution in [3.63, 3.8) is 0 Å². The first kappa shape index (κ1) is 17.3.